The van der Waals surface area contributed by atoms with Gasteiger partial charge in [0.05, 0.1) is 4.92 Å². The molecule has 0 amide bonds. The summed E-state index contributed by atoms with van der Waals surface area (Å²) in [6.45, 7) is 3.19. The number of hydrogen-bond donors (Lipinski definition) is 2. The number of nitro benzene ring substituents is 1. The van der Waals surface area contributed by atoms with Crippen LogP contribution in [-0.4, -0.2) is 22.0 Å². The van der Waals surface area contributed by atoms with Crippen molar-refractivity contribution in [3.63, 3.8) is 0 Å². The molecule has 86 valence electrons. The molecular formula is C10H12N2O4. The molecule has 1 aromatic carbocycles. The van der Waals surface area contributed by atoms with Crippen LogP contribution < -0.4 is 5.32 Å². The van der Waals surface area contributed by atoms with Crippen LogP contribution in [0.25, 0.3) is 0 Å². The second kappa shape index (κ2) is 4.61. The summed E-state index contributed by atoms with van der Waals surface area (Å²) in [5.41, 5.74) is 1.22. The second-order valence-corrected chi connectivity index (χ2v) is 3.46. The highest BCUT2D eigenvalue weighted by Gasteiger charge is 2.13. The van der Waals surface area contributed by atoms with E-state index in [4.69, 9.17) is 5.11 Å². The Balaban J connectivity index is 2.91. The van der Waals surface area contributed by atoms with Gasteiger partial charge in [0.25, 0.3) is 5.69 Å². The van der Waals surface area contributed by atoms with Crippen molar-refractivity contribution in [2.75, 3.05) is 5.32 Å². The van der Waals surface area contributed by atoms with Gasteiger partial charge in [-0.05, 0) is 25.5 Å². The quantitative estimate of drug-likeness (QED) is 0.600. The minimum atomic E-state index is -0.974. The molecule has 6 nitrogen and oxygen atoms in total. The van der Waals surface area contributed by atoms with Gasteiger partial charge in [0.15, 0.2) is 0 Å². The van der Waals surface area contributed by atoms with E-state index in [2.05, 4.69) is 5.32 Å². The molecular weight excluding hydrogens is 212 g/mol. The number of carbonyl (C=O) groups is 1. The number of aryl methyl sites for hydroxylation is 1. The van der Waals surface area contributed by atoms with Crippen LogP contribution in [0.3, 0.4) is 0 Å². The summed E-state index contributed by atoms with van der Waals surface area (Å²) in [5.74, 6) is -0.974. The summed E-state index contributed by atoms with van der Waals surface area (Å²) in [7, 11) is 0. The fourth-order valence-corrected chi connectivity index (χ4v) is 1.22. The summed E-state index contributed by atoms with van der Waals surface area (Å²) in [6.07, 6.45) is 0. The van der Waals surface area contributed by atoms with Crippen molar-refractivity contribution in [2.24, 2.45) is 0 Å². The number of nitrogens with zero attached hydrogens (tertiary/aromatic N) is 1. The van der Waals surface area contributed by atoms with Crippen LogP contribution in [0.4, 0.5) is 11.4 Å². The largest absolute Gasteiger partial charge is 0.480 e. The van der Waals surface area contributed by atoms with Crippen LogP contribution >= 0.6 is 0 Å². The van der Waals surface area contributed by atoms with Crippen molar-refractivity contribution in [3.8, 4) is 0 Å². The third-order valence-corrected chi connectivity index (χ3v) is 2.16. The lowest BCUT2D eigenvalue weighted by Crippen LogP contribution is -2.25. The Morgan fingerprint density at radius 1 is 1.56 bits per heavy atom. The lowest BCUT2D eigenvalue weighted by atomic mass is 10.1. The summed E-state index contributed by atoms with van der Waals surface area (Å²) in [5, 5.41) is 21.9. The number of carboxylic acids is 1. The van der Waals surface area contributed by atoms with Gasteiger partial charge in [0.2, 0.25) is 0 Å². The second-order valence-electron chi connectivity index (χ2n) is 3.46. The van der Waals surface area contributed by atoms with Gasteiger partial charge in [-0.1, -0.05) is 0 Å². The van der Waals surface area contributed by atoms with Gasteiger partial charge in [0, 0.05) is 17.8 Å². The monoisotopic (exact) mass is 224 g/mol. The van der Waals surface area contributed by atoms with Crippen LogP contribution in [-0.2, 0) is 4.79 Å². The van der Waals surface area contributed by atoms with Gasteiger partial charge < -0.3 is 10.4 Å². The molecule has 0 radical (unpaired) electrons. The average Bonchev–Trinajstić information content (AvgIpc) is 2.20. The molecule has 16 heavy (non-hydrogen) atoms. The predicted molar refractivity (Wildman–Crippen MR) is 58.6 cm³/mol. The fourth-order valence-electron chi connectivity index (χ4n) is 1.22. The van der Waals surface area contributed by atoms with Crippen molar-refractivity contribution in [1.82, 2.24) is 0 Å². The van der Waals surface area contributed by atoms with E-state index in [1.54, 1.807) is 6.92 Å². The Hall–Kier alpha value is -2.11. The molecule has 1 unspecified atom stereocenters. The topological polar surface area (TPSA) is 92.5 Å². The summed E-state index contributed by atoms with van der Waals surface area (Å²) >= 11 is 0. The van der Waals surface area contributed by atoms with Crippen LogP contribution in [0, 0.1) is 17.0 Å². The molecule has 6 heteroatoms. The zero-order valence-electron chi connectivity index (χ0n) is 8.93. The van der Waals surface area contributed by atoms with Gasteiger partial charge in [-0.2, -0.15) is 0 Å². The highest BCUT2D eigenvalue weighted by molar-refractivity contribution is 5.77. The lowest BCUT2D eigenvalue weighted by molar-refractivity contribution is -0.384. The first-order chi connectivity index (χ1) is 7.41. The Labute approximate surface area is 92.0 Å². The van der Waals surface area contributed by atoms with E-state index >= 15 is 0 Å². The van der Waals surface area contributed by atoms with E-state index in [9.17, 15) is 14.9 Å². The van der Waals surface area contributed by atoms with Gasteiger partial charge in [-0.3, -0.25) is 14.9 Å². The van der Waals surface area contributed by atoms with E-state index in [1.807, 2.05) is 0 Å². The molecule has 0 spiro atoms. The molecule has 0 heterocycles. The highest BCUT2D eigenvalue weighted by Crippen LogP contribution is 2.21. The Bertz CT molecular complexity index is 431. The van der Waals surface area contributed by atoms with Gasteiger partial charge in [0.1, 0.15) is 6.04 Å². The zero-order valence-corrected chi connectivity index (χ0v) is 8.93. The van der Waals surface area contributed by atoms with Gasteiger partial charge in [-0.15, -0.1) is 0 Å². The number of anilines is 1. The number of nitrogens with one attached hydrogen (secondary N) is 1. The molecule has 0 aromatic heterocycles. The normalized spacial score (nSPS) is 11.9. The molecule has 2 N–H and O–H groups in total. The molecule has 1 atom stereocenters. The predicted octanol–water partition coefficient (Wildman–Crippen LogP) is 1.79. The summed E-state index contributed by atoms with van der Waals surface area (Å²) in [4.78, 5) is 20.6. The van der Waals surface area contributed by atoms with E-state index in [1.165, 1.54) is 25.1 Å². The summed E-state index contributed by atoms with van der Waals surface area (Å²) < 4.78 is 0. The molecule has 0 saturated heterocycles. The number of rotatable bonds is 4. The Morgan fingerprint density at radius 3 is 2.62 bits per heavy atom. The van der Waals surface area contributed by atoms with Crippen LogP contribution in [0.2, 0.25) is 0 Å². The van der Waals surface area contributed by atoms with Crippen molar-refractivity contribution in [2.45, 2.75) is 19.9 Å². The minimum absolute atomic E-state index is 0.00831. The number of non-ortho nitro benzene ring substituents is 1. The van der Waals surface area contributed by atoms with E-state index in [0.29, 0.717) is 11.3 Å². The van der Waals surface area contributed by atoms with Crippen molar-refractivity contribution < 1.29 is 14.8 Å². The van der Waals surface area contributed by atoms with Crippen LogP contribution in [0.5, 0.6) is 0 Å². The maximum Gasteiger partial charge on any atom is 0.325 e. The van der Waals surface area contributed by atoms with E-state index in [-0.39, 0.29) is 5.69 Å². The molecule has 0 aliphatic heterocycles. The molecule has 1 aromatic rings. The summed E-state index contributed by atoms with van der Waals surface area (Å²) in [6, 6.07) is 3.51. The van der Waals surface area contributed by atoms with E-state index < -0.39 is 16.9 Å². The molecule has 0 aliphatic rings. The number of hydrogen-bond acceptors (Lipinski definition) is 4. The molecule has 0 aliphatic carbocycles. The highest BCUT2D eigenvalue weighted by atomic mass is 16.6. The number of nitro groups is 1. The molecule has 0 saturated carbocycles. The number of aliphatic carboxylic acids is 1. The van der Waals surface area contributed by atoms with Gasteiger partial charge in [-0.25, -0.2) is 0 Å². The SMILES string of the molecule is Cc1cc([N+](=O)[O-])ccc1NC(C)C(=O)O. The lowest BCUT2D eigenvalue weighted by Gasteiger charge is -2.12. The number of benzene rings is 1. The minimum Gasteiger partial charge on any atom is -0.480 e. The standard InChI is InChI=1S/C10H12N2O4/c1-6-5-8(12(15)16)3-4-9(6)11-7(2)10(13)14/h3-5,7,11H,1-2H3,(H,13,14). The molecule has 1 rings (SSSR count). The third-order valence-electron chi connectivity index (χ3n) is 2.16. The first-order valence-corrected chi connectivity index (χ1v) is 4.66. The maximum atomic E-state index is 10.6. The van der Waals surface area contributed by atoms with Gasteiger partial charge >= 0.3 is 5.97 Å². The average molecular weight is 224 g/mol. The fraction of sp³-hybridized carbons (Fsp3) is 0.300. The van der Waals surface area contributed by atoms with Crippen molar-refractivity contribution in [1.29, 1.82) is 0 Å². The van der Waals surface area contributed by atoms with Crippen LogP contribution in [0.15, 0.2) is 18.2 Å². The molecule has 0 bridgehead atoms. The molecule has 0 fully saturated rings. The van der Waals surface area contributed by atoms with Crippen molar-refractivity contribution >= 4 is 17.3 Å². The van der Waals surface area contributed by atoms with Crippen molar-refractivity contribution in [3.05, 3.63) is 33.9 Å². The Morgan fingerprint density at radius 2 is 2.19 bits per heavy atom. The smallest absolute Gasteiger partial charge is 0.325 e. The maximum absolute atomic E-state index is 10.6. The third kappa shape index (κ3) is 2.69. The zero-order chi connectivity index (χ0) is 12.3. The Kier molecular flexibility index (Phi) is 3.44. The van der Waals surface area contributed by atoms with Crippen LogP contribution in [0.1, 0.15) is 12.5 Å². The first-order valence-electron chi connectivity index (χ1n) is 4.66. The number of carboxylic acid groups (broad SMARTS) is 1. The van der Waals surface area contributed by atoms with E-state index in [0.717, 1.165) is 0 Å². The first kappa shape index (κ1) is 12.0.